The number of hydrogen-bond acceptors (Lipinski definition) is 2. The third kappa shape index (κ3) is 4.35. The minimum atomic E-state index is -0.141. The van der Waals surface area contributed by atoms with Gasteiger partial charge in [-0.3, -0.25) is 9.59 Å². The average molecular weight is 325 g/mol. The Hall–Kier alpha value is -1.36. The minimum absolute atomic E-state index is 0.0865. The standard InChI is InChI=1S/C14H17BrN2O2/c15-11-5-7-12(8-6-11)16-13(18)10-17-9-3-1-2-4-14(17)19/h5-8H,1-4,9-10H2,(H,16,18). The van der Waals surface area contributed by atoms with Gasteiger partial charge < -0.3 is 10.2 Å². The highest BCUT2D eigenvalue weighted by Gasteiger charge is 2.19. The minimum Gasteiger partial charge on any atom is -0.333 e. The number of carbonyl (C=O) groups excluding carboxylic acids is 2. The summed E-state index contributed by atoms with van der Waals surface area (Å²) in [6.45, 7) is 0.835. The summed E-state index contributed by atoms with van der Waals surface area (Å²) in [5.41, 5.74) is 0.746. The van der Waals surface area contributed by atoms with Gasteiger partial charge in [0.2, 0.25) is 11.8 Å². The number of nitrogens with zero attached hydrogens (tertiary/aromatic N) is 1. The van der Waals surface area contributed by atoms with Crippen LogP contribution in [0.15, 0.2) is 28.7 Å². The molecule has 1 N–H and O–H groups in total. The lowest BCUT2D eigenvalue weighted by molar-refractivity contribution is -0.134. The van der Waals surface area contributed by atoms with E-state index >= 15 is 0 Å². The number of rotatable bonds is 3. The van der Waals surface area contributed by atoms with Gasteiger partial charge in [-0.1, -0.05) is 22.4 Å². The number of nitrogens with one attached hydrogen (secondary N) is 1. The van der Waals surface area contributed by atoms with Crippen LogP contribution in [0.5, 0.6) is 0 Å². The summed E-state index contributed by atoms with van der Waals surface area (Å²) in [5.74, 6) is -0.0546. The Morgan fingerprint density at radius 2 is 1.95 bits per heavy atom. The Labute approximate surface area is 121 Å². The summed E-state index contributed by atoms with van der Waals surface area (Å²) in [6, 6.07) is 7.39. The maximum absolute atomic E-state index is 11.9. The van der Waals surface area contributed by atoms with E-state index in [9.17, 15) is 9.59 Å². The third-order valence-corrected chi connectivity index (χ3v) is 3.66. The van der Waals surface area contributed by atoms with Crippen LogP contribution in [0, 0.1) is 0 Å². The van der Waals surface area contributed by atoms with Crippen LogP contribution in [0.25, 0.3) is 0 Å². The van der Waals surface area contributed by atoms with Crippen molar-refractivity contribution in [1.82, 2.24) is 4.90 Å². The van der Waals surface area contributed by atoms with Crippen LogP contribution in [-0.4, -0.2) is 29.8 Å². The van der Waals surface area contributed by atoms with Gasteiger partial charge in [0.15, 0.2) is 0 Å². The normalized spacial score (nSPS) is 16.1. The maximum atomic E-state index is 11.9. The second-order valence-electron chi connectivity index (χ2n) is 4.68. The van der Waals surface area contributed by atoms with Crippen LogP contribution in [0.1, 0.15) is 25.7 Å². The molecule has 1 fully saturated rings. The number of amides is 2. The van der Waals surface area contributed by atoms with Gasteiger partial charge in [-0.2, -0.15) is 0 Å². The molecule has 0 spiro atoms. The van der Waals surface area contributed by atoms with Gasteiger partial charge in [-0.05, 0) is 37.1 Å². The number of hydrogen-bond donors (Lipinski definition) is 1. The fourth-order valence-corrected chi connectivity index (χ4v) is 2.38. The first-order chi connectivity index (χ1) is 9.15. The molecule has 5 heteroatoms. The predicted octanol–water partition coefficient (Wildman–Crippen LogP) is 2.79. The highest BCUT2D eigenvalue weighted by molar-refractivity contribution is 9.10. The molecule has 19 heavy (non-hydrogen) atoms. The summed E-state index contributed by atoms with van der Waals surface area (Å²) in [5, 5.41) is 2.80. The Bertz CT molecular complexity index is 459. The predicted molar refractivity (Wildman–Crippen MR) is 77.8 cm³/mol. The molecule has 0 unspecified atom stereocenters. The molecule has 0 bridgehead atoms. The SMILES string of the molecule is O=C(CN1CCCCCC1=O)Nc1ccc(Br)cc1. The number of anilines is 1. The van der Waals surface area contributed by atoms with E-state index in [1.165, 1.54) is 0 Å². The zero-order valence-electron chi connectivity index (χ0n) is 10.7. The van der Waals surface area contributed by atoms with E-state index in [4.69, 9.17) is 0 Å². The topological polar surface area (TPSA) is 49.4 Å². The van der Waals surface area contributed by atoms with Gasteiger partial charge >= 0.3 is 0 Å². The van der Waals surface area contributed by atoms with E-state index in [-0.39, 0.29) is 18.4 Å². The van der Waals surface area contributed by atoms with E-state index < -0.39 is 0 Å². The zero-order valence-corrected chi connectivity index (χ0v) is 12.3. The largest absolute Gasteiger partial charge is 0.333 e. The smallest absolute Gasteiger partial charge is 0.243 e. The van der Waals surface area contributed by atoms with Crippen molar-refractivity contribution in [3.05, 3.63) is 28.7 Å². The Morgan fingerprint density at radius 1 is 1.21 bits per heavy atom. The first kappa shape index (κ1) is 14.1. The fraction of sp³-hybridized carbons (Fsp3) is 0.429. The van der Waals surface area contributed by atoms with Crippen molar-refractivity contribution in [3.63, 3.8) is 0 Å². The van der Waals surface area contributed by atoms with Crippen LogP contribution in [-0.2, 0) is 9.59 Å². The Morgan fingerprint density at radius 3 is 2.68 bits per heavy atom. The maximum Gasteiger partial charge on any atom is 0.243 e. The molecular formula is C14H17BrN2O2. The quantitative estimate of drug-likeness (QED) is 0.929. The van der Waals surface area contributed by atoms with Gasteiger partial charge in [0.05, 0.1) is 6.54 Å². The Kier molecular flexibility index (Phi) is 4.96. The summed E-state index contributed by atoms with van der Waals surface area (Å²) >= 11 is 3.34. The van der Waals surface area contributed by atoms with Crippen LogP contribution in [0.3, 0.4) is 0 Å². The molecular weight excluding hydrogens is 308 g/mol. The van der Waals surface area contributed by atoms with Crippen molar-refractivity contribution in [1.29, 1.82) is 0 Å². The molecule has 1 aliphatic heterocycles. The lowest BCUT2D eigenvalue weighted by atomic mass is 10.2. The van der Waals surface area contributed by atoms with Crippen molar-refractivity contribution in [3.8, 4) is 0 Å². The molecule has 1 aliphatic rings. The molecule has 0 saturated carbocycles. The van der Waals surface area contributed by atoms with E-state index in [0.717, 1.165) is 29.4 Å². The monoisotopic (exact) mass is 324 g/mol. The second-order valence-corrected chi connectivity index (χ2v) is 5.60. The molecule has 1 aromatic carbocycles. The first-order valence-corrected chi connectivity index (χ1v) is 7.27. The van der Waals surface area contributed by atoms with E-state index in [0.29, 0.717) is 13.0 Å². The number of halogens is 1. The molecule has 0 radical (unpaired) electrons. The summed E-state index contributed by atoms with van der Waals surface area (Å²) < 4.78 is 0.966. The molecule has 4 nitrogen and oxygen atoms in total. The van der Waals surface area contributed by atoms with Crippen molar-refractivity contribution in [2.45, 2.75) is 25.7 Å². The van der Waals surface area contributed by atoms with Crippen LogP contribution in [0.4, 0.5) is 5.69 Å². The number of carbonyl (C=O) groups is 2. The fourth-order valence-electron chi connectivity index (χ4n) is 2.11. The molecule has 102 valence electrons. The molecule has 1 heterocycles. The van der Waals surface area contributed by atoms with Crippen molar-refractivity contribution < 1.29 is 9.59 Å². The highest BCUT2D eigenvalue weighted by atomic mass is 79.9. The van der Waals surface area contributed by atoms with Crippen molar-refractivity contribution >= 4 is 33.4 Å². The van der Waals surface area contributed by atoms with Crippen LogP contribution in [0.2, 0.25) is 0 Å². The zero-order chi connectivity index (χ0) is 13.7. The lowest BCUT2D eigenvalue weighted by Gasteiger charge is -2.19. The second kappa shape index (κ2) is 6.70. The van der Waals surface area contributed by atoms with Gasteiger partial charge in [-0.25, -0.2) is 0 Å². The van der Waals surface area contributed by atoms with Crippen LogP contribution < -0.4 is 5.32 Å². The molecule has 0 aromatic heterocycles. The molecule has 0 aliphatic carbocycles. The third-order valence-electron chi connectivity index (χ3n) is 3.13. The lowest BCUT2D eigenvalue weighted by Crippen LogP contribution is -2.37. The van der Waals surface area contributed by atoms with E-state index in [2.05, 4.69) is 21.2 Å². The van der Waals surface area contributed by atoms with Crippen molar-refractivity contribution in [2.75, 3.05) is 18.4 Å². The molecule has 1 saturated heterocycles. The highest BCUT2D eigenvalue weighted by Crippen LogP contribution is 2.15. The van der Waals surface area contributed by atoms with Gasteiger partial charge in [0.1, 0.15) is 0 Å². The van der Waals surface area contributed by atoms with E-state index in [1.807, 2.05) is 24.3 Å². The number of likely N-dealkylation sites (tertiary alicyclic amines) is 1. The summed E-state index contributed by atoms with van der Waals surface area (Å²) in [4.78, 5) is 25.3. The average Bonchev–Trinajstić information content (AvgIpc) is 2.58. The molecule has 0 atom stereocenters. The van der Waals surface area contributed by atoms with Crippen LogP contribution >= 0.6 is 15.9 Å². The van der Waals surface area contributed by atoms with Crippen molar-refractivity contribution in [2.24, 2.45) is 0 Å². The summed E-state index contributed by atoms with van der Waals surface area (Å²) in [6.07, 6.45) is 3.54. The van der Waals surface area contributed by atoms with E-state index in [1.54, 1.807) is 4.90 Å². The summed E-state index contributed by atoms with van der Waals surface area (Å²) in [7, 11) is 0. The number of benzene rings is 1. The molecule has 2 amide bonds. The van der Waals surface area contributed by atoms with Gasteiger partial charge in [0.25, 0.3) is 0 Å². The molecule has 1 aromatic rings. The first-order valence-electron chi connectivity index (χ1n) is 6.48. The van der Waals surface area contributed by atoms with Gasteiger partial charge in [-0.15, -0.1) is 0 Å². The van der Waals surface area contributed by atoms with Gasteiger partial charge in [0, 0.05) is 23.1 Å². The molecule has 2 rings (SSSR count). The Balaban J connectivity index is 1.89.